The van der Waals surface area contributed by atoms with Crippen LogP contribution in [0.5, 0.6) is 0 Å². The fourth-order valence-corrected chi connectivity index (χ4v) is 8.31. The predicted octanol–water partition coefficient (Wildman–Crippen LogP) is 6.80. The molecule has 3 fully saturated rings. The SMILES string of the molecule is CO[C@H](C)COC(=O)c1cc2cc(NC(=O)[C@H]3[C@H](C4(OC)CCCCC4)CCN3C(=O)C3CCC([C@@H](CF)NC(=O)OC(C)(C)C)CC3)ccc2o1. The van der Waals surface area contributed by atoms with Crippen molar-refractivity contribution in [2.24, 2.45) is 17.8 Å². The molecule has 4 atom stereocenters. The van der Waals surface area contributed by atoms with Crippen molar-refractivity contribution in [3.05, 3.63) is 30.0 Å². The Labute approximate surface area is 305 Å². The number of rotatable bonds is 12. The van der Waals surface area contributed by atoms with Gasteiger partial charge in [-0.2, -0.15) is 0 Å². The highest BCUT2D eigenvalue weighted by Crippen LogP contribution is 2.46. The number of methoxy groups -OCH3 is 2. The second-order valence-electron chi connectivity index (χ2n) is 15.7. The zero-order chi connectivity index (χ0) is 37.6. The number of hydrogen-bond acceptors (Lipinski definition) is 9. The first-order chi connectivity index (χ1) is 24.8. The van der Waals surface area contributed by atoms with Gasteiger partial charge in [-0.3, -0.25) is 9.59 Å². The smallest absolute Gasteiger partial charge is 0.407 e. The van der Waals surface area contributed by atoms with Crippen LogP contribution in [0.2, 0.25) is 0 Å². The van der Waals surface area contributed by atoms with Crippen LogP contribution in [0.25, 0.3) is 11.0 Å². The van der Waals surface area contributed by atoms with Crippen molar-refractivity contribution in [1.82, 2.24) is 10.2 Å². The van der Waals surface area contributed by atoms with Crippen molar-refractivity contribution < 1.29 is 46.9 Å². The Morgan fingerprint density at radius 3 is 2.37 bits per heavy atom. The number of fused-ring (bicyclic) bond motifs is 1. The van der Waals surface area contributed by atoms with Gasteiger partial charge < -0.3 is 38.9 Å². The Kier molecular flexibility index (Phi) is 12.9. The fourth-order valence-electron chi connectivity index (χ4n) is 8.31. The third-order valence-electron chi connectivity index (χ3n) is 11.1. The molecule has 0 radical (unpaired) electrons. The minimum Gasteiger partial charge on any atom is -0.457 e. The molecule has 12 nitrogen and oxygen atoms in total. The van der Waals surface area contributed by atoms with Crippen LogP contribution in [0.1, 0.15) is 102 Å². The highest BCUT2D eigenvalue weighted by molar-refractivity contribution is 6.00. The molecular weight excluding hydrogens is 673 g/mol. The maximum Gasteiger partial charge on any atom is 0.407 e. The minimum absolute atomic E-state index is 0.0434. The maximum atomic E-state index is 14.4. The Hall–Kier alpha value is -3.71. The van der Waals surface area contributed by atoms with Crippen LogP contribution < -0.4 is 10.6 Å². The molecule has 0 bridgehead atoms. The van der Waals surface area contributed by atoms with Gasteiger partial charge in [-0.15, -0.1) is 0 Å². The third-order valence-corrected chi connectivity index (χ3v) is 11.1. The van der Waals surface area contributed by atoms with E-state index in [2.05, 4.69) is 10.6 Å². The van der Waals surface area contributed by atoms with Crippen LogP contribution in [0.3, 0.4) is 0 Å². The molecule has 3 amide bonds. The van der Waals surface area contributed by atoms with Crippen molar-refractivity contribution in [1.29, 1.82) is 0 Å². The van der Waals surface area contributed by atoms with E-state index in [0.29, 0.717) is 55.3 Å². The Morgan fingerprint density at radius 1 is 1.02 bits per heavy atom. The van der Waals surface area contributed by atoms with Gasteiger partial charge in [-0.25, -0.2) is 14.0 Å². The van der Waals surface area contributed by atoms with E-state index in [1.54, 1.807) is 64.0 Å². The van der Waals surface area contributed by atoms with E-state index >= 15 is 0 Å². The second-order valence-corrected chi connectivity index (χ2v) is 15.7. The number of amides is 3. The van der Waals surface area contributed by atoms with Gasteiger partial charge in [-0.05, 0) is 103 Å². The molecule has 1 aliphatic heterocycles. The van der Waals surface area contributed by atoms with Gasteiger partial charge in [0.1, 0.15) is 30.5 Å². The fraction of sp³-hybridized carbons (Fsp3) is 0.692. The maximum absolute atomic E-state index is 14.4. The molecule has 13 heteroatoms. The standard InChI is InChI=1S/C39H56FN3O9/c1-24(48-5)23-50-36(46)32-21-27-20-28(14-15-31(27)51-32)41-34(44)33-29(39(49-6)17-8-7-9-18-39)16-19-43(33)35(45)26-12-10-25(11-13-26)30(22-40)42-37(47)52-38(2,3)4/h14-15,20-21,24-26,29-30,33H,7-13,16-19,22-23H2,1-6H3,(H,41,44)(H,42,47)/t24-,25?,26?,29-,30-,33-/m1/s1. The first kappa shape index (κ1) is 39.5. The minimum atomic E-state index is -0.746. The summed E-state index contributed by atoms with van der Waals surface area (Å²) in [6.45, 7) is 6.86. The molecule has 3 aliphatic rings. The average Bonchev–Trinajstić information content (AvgIpc) is 3.77. The van der Waals surface area contributed by atoms with Crippen LogP contribution in [-0.2, 0) is 28.5 Å². The Bertz CT molecular complexity index is 1560. The summed E-state index contributed by atoms with van der Waals surface area (Å²) in [5.41, 5.74) is -0.236. The van der Waals surface area contributed by atoms with E-state index in [-0.39, 0.29) is 48.0 Å². The number of carbonyl (C=O) groups excluding carboxylic acids is 4. The summed E-state index contributed by atoms with van der Waals surface area (Å²) in [6, 6.07) is 5.28. The summed E-state index contributed by atoms with van der Waals surface area (Å²) in [5, 5.41) is 6.37. The number of nitrogens with one attached hydrogen (secondary N) is 2. The summed E-state index contributed by atoms with van der Waals surface area (Å²) in [7, 11) is 3.25. The van der Waals surface area contributed by atoms with E-state index in [4.69, 9.17) is 23.4 Å². The molecular formula is C39H56FN3O9. The highest BCUT2D eigenvalue weighted by Gasteiger charge is 2.53. The van der Waals surface area contributed by atoms with E-state index in [0.717, 1.165) is 32.1 Å². The van der Waals surface area contributed by atoms with E-state index in [1.165, 1.54) is 7.11 Å². The number of hydrogen-bond donors (Lipinski definition) is 2. The Morgan fingerprint density at radius 2 is 1.73 bits per heavy atom. The molecule has 2 saturated carbocycles. The van der Waals surface area contributed by atoms with Crippen LogP contribution in [-0.4, -0.2) is 92.2 Å². The summed E-state index contributed by atoms with van der Waals surface area (Å²) >= 11 is 0. The lowest BCUT2D eigenvalue weighted by atomic mass is 9.72. The van der Waals surface area contributed by atoms with Crippen LogP contribution >= 0.6 is 0 Å². The van der Waals surface area contributed by atoms with Crippen LogP contribution in [0.4, 0.5) is 14.9 Å². The lowest BCUT2D eigenvalue weighted by Gasteiger charge is -2.44. The molecule has 1 saturated heterocycles. The van der Waals surface area contributed by atoms with Gasteiger partial charge in [0.25, 0.3) is 0 Å². The lowest BCUT2D eigenvalue weighted by Crippen LogP contribution is -2.55. The third kappa shape index (κ3) is 9.25. The first-order valence-electron chi connectivity index (χ1n) is 18.7. The molecule has 0 unspecified atom stereocenters. The van der Waals surface area contributed by atoms with Gasteiger partial charge in [0, 0.05) is 43.7 Å². The molecule has 2 aliphatic carbocycles. The second kappa shape index (κ2) is 17.0. The molecule has 2 aromatic rings. The topological polar surface area (TPSA) is 146 Å². The number of alkyl carbamates (subject to hydrolysis) is 1. The van der Waals surface area contributed by atoms with Crippen LogP contribution in [0.15, 0.2) is 28.7 Å². The number of nitrogens with zero attached hydrogens (tertiary/aromatic N) is 1. The summed E-state index contributed by atoms with van der Waals surface area (Å²) in [6.07, 6.45) is 6.69. The molecule has 288 valence electrons. The zero-order valence-corrected chi connectivity index (χ0v) is 31.5. The molecule has 52 heavy (non-hydrogen) atoms. The van der Waals surface area contributed by atoms with Gasteiger partial charge in [0.05, 0.1) is 17.7 Å². The predicted molar refractivity (Wildman–Crippen MR) is 193 cm³/mol. The number of furan rings is 1. The van der Waals surface area contributed by atoms with Crippen molar-refractivity contribution >= 4 is 40.5 Å². The summed E-state index contributed by atoms with van der Waals surface area (Å²) in [4.78, 5) is 55.4. The number of likely N-dealkylation sites (tertiary alicyclic amines) is 1. The zero-order valence-electron chi connectivity index (χ0n) is 31.5. The monoisotopic (exact) mass is 729 g/mol. The van der Waals surface area contributed by atoms with Crippen molar-refractivity contribution in [2.45, 2.75) is 121 Å². The van der Waals surface area contributed by atoms with E-state index in [1.807, 2.05) is 0 Å². The lowest BCUT2D eigenvalue weighted by molar-refractivity contribution is -0.146. The van der Waals surface area contributed by atoms with Gasteiger partial charge in [-0.1, -0.05) is 19.3 Å². The Balaban J connectivity index is 1.30. The van der Waals surface area contributed by atoms with Crippen molar-refractivity contribution in [3.8, 4) is 0 Å². The number of alkyl halides is 1. The average molecular weight is 730 g/mol. The number of anilines is 1. The number of carbonyl (C=O) groups is 4. The van der Waals surface area contributed by atoms with Gasteiger partial charge >= 0.3 is 12.1 Å². The molecule has 5 rings (SSSR count). The number of halogens is 1. The summed E-state index contributed by atoms with van der Waals surface area (Å²) in [5.74, 6) is -1.57. The normalized spacial score (nSPS) is 24.6. The summed E-state index contributed by atoms with van der Waals surface area (Å²) < 4.78 is 41.8. The molecule has 0 spiro atoms. The number of esters is 1. The van der Waals surface area contributed by atoms with E-state index < -0.39 is 42.0 Å². The first-order valence-corrected chi connectivity index (χ1v) is 18.7. The largest absolute Gasteiger partial charge is 0.457 e. The van der Waals surface area contributed by atoms with Crippen LogP contribution in [0, 0.1) is 17.8 Å². The molecule has 2 N–H and O–H groups in total. The van der Waals surface area contributed by atoms with Crippen molar-refractivity contribution in [3.63, 3.8) is 0 Å². The van der Waals surface area contributed by atoms with Crippen molar-refractivity contribution in [2.75, 3.05) is 39.4 Å². The van der Waals surface area contributed by atoms with E-state index in [9.17, 15) is 23.6 Å². The number of ether oxygens (including phenoxy) is 4. The number of benzene rings is 1. The highest BCUT2D eigenvalue weighted by atomic mass is 19.1. The molecule has 1 aromatic heterocycles. The molecule has 2 heterocycles. The van der Waals surface area contributed by atoms with Gasteiger partial charge in [0.2, 0.25) is 17.6 Å². The quantitative estimate of drug-likeness (QED) is 0.225. The van der Waals surface area contributed by atoms with Gasteiger partial charge in [0.15, 0.2) is 0 Å². The molecule has 1 aromatic carbocycles.